The van der Waals surface area contributed by atoms with Crippen molar-refractivity contribution in [3.63, 3.8) is 0 Å². The van der Waals surface area contributed by atoms with Crippen molar-refractivity contribution < 1.29 is 14.3 Å². The third kappa shape index (κ3) is 2.78. The third-order valence-electron chi connectivity index (χ3n) is 4.11. The maximum Gasteiger partial charge on any atom is 0.253 e. The molecule has 1 aromatic rings. The summed E-state index contributed by atoms with van der Waals surface area (Å²) in [6.45, 7) is 4.73. The zero-order chi connectivity index (χ0) is 15.0. The molecule has 2 aliphatic heterocycles. The standard InChI is InChI=1S/C16H20N2O3/c1-16(2)9-14(19)18-12-6-5-10(8-11(12)16)17-15(20)13-4-3-7-21-13/h5-6,8,13H,3-4,7,9H2,1-2H3,(H,17,20)(H,18,19). The number of benzene rings is 1. The summed E-state index contributed by atoms with van der Waals surface area (Å²) in [5.41, 5.74) is 2.39. The first-order valence-corrected chi connectivity index (χ1v) is 7.32. The number of anilines is 2. The summed E-state index contributed by atoms with van der Waals surface area (Å²) < 4.78 is 5.39. The average Bonchev–Trinajstić information content (AvgIpc) is 2.92. The van der Waals surface area contributed by atoms with E-state index in [1.165, 1.54) is 0 Å². The molecule has 1 aromatic carbocycles. The van der Waals surface area contributed by atoms with Gasteiger partial charge in [0.25, 0.3) is 5.91 Å². The molecule has 112 valence electrons. The fourth-order valence-electron chi connectivity index (χ4n) is 2.99. The molecule has 2 N–H and O–H groups in total. The lowest BCUT2D eigenvalue weighted by Gasteiger charge is -2.32. The maximum absolute atomic E-state index is 12.1. The van der Waals surface area contributed by atoms with Crippen LogP contribution in [0.5, 0.6) is 0 Å². The van der Waals surface area contributed by atoms with Gasteiger partial charge in [0, 0.05) is 29.8 Å². The second-order valence-corrected chi connectivity index (χ2v) is 6.36. The minimum absolute atomic E-state index is 0.0311. The van der Waals surface area contributed by atoms with Crippen LogP contribution >= 0.6 is 0 Å². The molecule has 0 radical (unpaired) electrons. The van der Waals surface area contributed by atoms with Crippen LogP contribution in [0.2, 0.25) is 0 Å². The van der Waals surface area contributed by atoms with E-state index in [0.29, 0.717) is 13.0 Å². The van der Waals surface area contributed by atoms with E-state index in [4.69, 9.17) is 4.74 Å². The quantitative estimate of drug-likeness (QED) is 0.878. The van der Waals surface area contributed by atoms with E-state index in [0.717, 1.165) is 29.8 Å². The summed E-state index contributed by atoms with van der Waals surface area (Å²) in [4.78, 5) is 23.8. The molecule has 0 aromatic heterocycles. The van der Waals surface area contributed by atoms with Crippen molar-refractivity contribution in [3.8, 4) is 0 Å². The fraction of sp³-hybridized carbons (Fsp3) is 0.500. The molecule has 5 heteroatoms. The largest absolute Gasteiger partial charge is 0.368 e. The van der Waals surface area contributed by atoms with Crippen molar-refractivity contribution in [3.05, 3.63) is 23.8 Å². The van der Waals surface area contributed by atoms with Crippen molar-refractivity contribution in [1.82, 2.24) is 0 Å². The van der Waals surface area contributed by atoms with Gasteiger partial charge in [-0.2, -0.15) is 0 Å². The van der Waals surface area contributed by atoms with Crippen LogP contribution in [0.3, 0.4) is 0 Å². The predicted molar refractivity (Wildman–Crippen MR) is 80.3 cm³/mol. The minimum atomic E-state index is -0.339. The smallest absolute Gasteiger partial charge is 0.253 e. The Labute approximate surface area is 124 Å². The number of hydrogen-bond acceptors (Lipinski definition) is 3. The molecule has 1 atom stereocenters. The summed E-state index contributed by atoms with van der Waals surface area (Å²) >= 11 is 0. The zero-order valence-electron chi connectivity index (χ0n) is 12.4. The Balaban J connectivity index is 1.82. The SMILES string of the molecule is CC1(C)CC(=O)Nc2ccc(NC(=O)C3CCCO3)cc21. The van der Waals surface area contributed by atoms with Crippen LogP contribution in [-0.2, 0) is 19.7 Å². The third-order valence-corrected chi connectivity index (χ3v) is 4.11. The van der Waals surface area contributed by atoms with Gasteiger partial charge in [0.1, 0.15) is 6.10 Å². The predicted octanol–water partition coefficient (Wildman–Crippen LogP) is 2.42. The van der Waals surface area contributed by atoms with Crippen LogP contribution in [0, 0.1) is 0 Å². The summed E-state index contributed by atoms with van der Waals surface area (Å²) in [6, 6.07) is 5.61. The van der Waals surface area contributed by atoms with Crippen molar-refractivity contribution >= 4 is 23.2 Å². The Hall–Kier alpha value is -1.88. The van der Waals surface area contributed by atoms with E-state index in [2.05, 4.69) is 10.6 Å². The molecule has 0 aliphatic carbocycles. The average molecular weight is 288 g/mol. The van der Waals surface area contributed by atoms with Gasteiger partial charge in [-0.05, 0) is 36.6 Å². The number of amides is 2. The molecule has 21 heavy (non-hydrogen) atoms. The molecule has 2 amide bonds. The Bertz CT molecular complexity index is 589. The molecule has 5 nitrogen and oxygen atoms in total. The van der Waals surface area contributed by atoms with E-state index in [1.807, 2.05) is 32.0 Å². The molecule has 1 fully saturated rings. The number of hydrogen-bond donors (Lipinski definition) is 2. The van der Waals surface area contributed by atoms with Gasteiger partial charge in [0.2, 0.25) is 5.91 Å². The van der Waals surface area contributed by atoms with Crippen LogP contribution in [0.1, 0.15) is 38.7 Å². The van der Waals surface area contributed by atoms with Gasteiger partial charge < -0.3 is 15.4 Å². The monoisotopic (exact) mass is 288 g/mol. The highest BCUT2D eigenvalue weighted by atomic mass is 16.5. The lowest BCUT2D eigenvalue weighted by Crippen LogP contribution is -2.33. The van der Waals surface area contributed by atoms with E-state index in [9.17, 15) is 9.59 Å². The van der Waals surface area contributed by atoms with E-state index in [1.54, 1.807) is 0 Å². The van der Waals surface area contributed by atoms with E-state index in [-0.39, 0.29) is 23.3 Å². The van der Waals surface area contributed by atoms with Gasteiger partial charge in [-0.15, -0.1) is 0 Å². The van der Waals surface area contributed by atoms with Crippen LogP contribution in [-0.4, -0.2) is 24.5 Å². The second kappa shape index (κ2) is 5.15. The second-order valence-electron chi connectivity index (χ2n) is 6.36. The number of carbonyl (C=O) groups excluding carboxylic acids is 2. The highest BCUT2D eigenvalue weighted by Crippen LogP contribution is 2.38. The van der Waals surface area contributed by atoms with E-state index < -0.39 is 0 Å². The summed E-state index contributed by atoms with van der Waals surface area (Å²) in [5, 5.41) is 5.78. The van der Waals surface area contributed by atoms with E-state index >= 15 is 0 Å². The first-order chi connectivity index (χ1) is 9.95. The number of nitrogens with one attached hydrogen (secondary N) is 2. The minimum Gasteiger partial charge on any atom is -0.368 e. The van der Waals surface area contributed by atoms with Crippen molar-refractivity contribution in [2.45, 2.75) is 44.6 Å². The van der Waals surface area contributed by atoms with Gasteiger partial charge in [-0.3, -0.25) is 9.59 Å². The van der Waals surface area contributed by atoms with Crippen LogP contribution in [0.25, 0.3) is 0 Å². The number of rotatable bonds is 2. The molecule has 1 unspecified atom stereocenters. The normalized spacial score (nSPS) is 23.3. The number of carbonyl (C=O) groups is 2. The molecular weight excluding hydrogens is 268 g/mol. The van der Waals surface area contributed by atoms with Crippen molar-refractivity contribution in [2.24, 2.45) is 0 Å². The van der Waals surface area contributed by atoms with Gasteiger partial charge >= 0.3 is 0 Å². The molecule has 3 rings (SSSR count). The number of ether oxygens (including phenoxy) is 1. The first-order valence-electron chi connectivity index (χ1n) is 7.32. The van der Waals surface area contributed by atoms with Gasteiger partial charge in [0.15, 0.2) is 0 Å². The molecule has 0 bridgehead atoms. The van der Waals surface area contributed by atoms with Gasteiger partial charge in [-0.1, -0.05) is 13.8 Å². The number of fused-ring (bicyclic) bond motifs is 1. The molecule has 0 saturated carbocycles. The Kier molecular flexibility index (Phi) is 3.45. The zero-order valence-corrected chi connectivity index (χ0v) is 12.4. The van der Waals surface area contributed by atoms with Crippen LogP contribution in [0.4, 0.5) is 11.4 Å². The highest BCUT2D eigenvalue weighted by molar-refractivity contribution is 5.98. The topological polar surface area (TPSA) is 67.4 Å². The Morgan fingerprint density at radius 3 is 2.95 bits per heavy atom. The first kappa shape index (κ1) is 14.1. The fourth-order valence-corrected chi connectivity index (χ4v) is 2.99. The van der Waals surface area contributed by atoms with Crippen molar-refractivity contribution in [1.29, 1.82) is 0 Å². The lowest BCUT2D eigenvalue weighted by molar-refractivity contribution is -0.124. The molecular formula is C16H20N2O3. The summed E-state index contributed by atoms with van der Waals surface area (Å²) in [5.74, 6) is -0.0613. The van der Waals surface area contributed by atoms with Crippen molar-refractivity contribution in [2.75, 3.05) is 17.2 Å². The molecule has 2 aliphatic rings. The van der Waals surface area contributed by atoms with Gasteiger partial charge in [-0.25, -0.2) is 0 Å². The highest BCUT2D eigenvalue weighted by Gasteiger charge is 2.32. The molecule has 1 saturated heterocycles. The van der Waals surface area contributed by atoms with Crippen LogP contribution in [0.15, 0.2) is 18.2 Å². The molecule has 2 heterocycles. The lowest BCUT2D eigenvalue weighted by atomic mass is 9.78. The Morgan fingerprint density at radius 2 is 2.24 bits per heavy atom. The summed E-state index contributed by atoms with van der Waals surface area (Å²) in [7, 11) is 0. The summed E-state index contributed by atoms with van der Waals surface area (Å²) in [6.07, 6.45) is 1.82. The van der Waals surface area contributed by atoms with Gasteiger partial charge in [0.05, 0.1) is 0 Å². The maximum atomic E-state index is 12.1. The molecule has 0 spiro atoms. The Morgan fingerprint density at radius 1 is 1.43 bits per heavy atom. The van der Waals surface area contributed by atoms with Crippen LogP contribution < -0.4 is 10.6 Å².